The molecule has 1 aliphatic rings. The Balaban J connectivity index is 2.08. The van der Waals surface area contributed by atoms with Crippen LogP contribution in [0.5, 0.6) is 0 Å². The van der Waals surface area contributed by atoms with Crippen molar-refractivity contribution in [2.24, 2.45) is 0 Å². The highest BCUT2D eigenvalue weighted by atomic mass is 16.4. The minimum absolute atomic E-state index is 0.173. The molecule has 0 bridgehead atoms. The van der Waals surface area contributed by atoms with Gasteiger partial charge in [-0.3, -0.25) is 14.5 Å². The van der Waals surface area contributed by atoms with Crippen molar-refractivity contribution in [3.05, 3.63) is 23.2 Å². The molecule has 2 rings (SSSR count). The molecule has 1 aromatic heterocycles. The molecule has 7 nitrogen and oxygen atoms in total. The fourth-order valence-electron chi connectivity index (χ4n) is 2.70. The average molecular weight is 296 g/mol. The predicted octanol–water partition coefficient (Wildman–Crippen LogP) is 0.0981. The number of carboxylic acids is 1. The third-order valence-electron chi connectivity index (χ3n) is 3.73. The third-order valence-corrected chi connectivity index (χ3v) is 3.73. The lowest BCUT2D eigenvalue weighted by Gasteiger charge is -2.24. The number of aliphatic hydroxyl groups excluding tert-OH is 1. The number of β-amino-alcohol motifs (C(OH)–C–C–N with tert-alkyl or cyclic N) is 1. The number of furan rings is 1. The van der Waals surface area contributed by atoms with E-state index in [-0.39, 0.29) is 37.3 Å². The van der Waals surface area contributed by atoms with Gasteiger partial charge in [-0.25, -0.2) is 0 Å². The number of rotatable bonds is 4. The largest absolute Gasteiger partial charge is 0.480 e. The van der Waals surface area contributed by atoms with Crippen LogP contribution in [-0.4, -0.2) is 70.7 Å². The molecule has 2 atom stereocenters. The van der Waals surface area contributed by atoms with E-state index < -0.39 is 12.1 Å². The molecule has 7 heteroatoms. The highest BCUT2D eigenvalue weighted by Crippen LogP contribution is 2.21. The number of aryl methyl sites for hydroxylation is 2. The first-order chi connectivity index (χ1) is 9.79. The van der Waals surface area contributed by atoms with Crippen LogP contribution in [0.2, 0.25) is 0 Å². The van der Waals surface area contributed by atoms with Crippen molar-refractivity contribution in [2.75, 3.05) is 26.7 Å². The SMILES string of the molecule is Cc1cc(C)c(C(=O)N2CC(N(C)CC(=O)O)[C@H](O)C2)o1. The lowest BCUT2D eigenvalue weighted by atomic mass is 10.2. The van der Waals surface area contributed by atoms with E-state index in [0.717, 1.165) is 5.56 Å². The molecule has 2 N–H and O–H groups in total. The lowest BCUT2D eigenvalue weighted by Crippen LogP contribution is -2.43. The second-order valence-corrected chi connectivity index (χ2v) is 5.52. The number of carbonyl (C=O) groups excluding carboxylic acids is 1. The van der Waals surface area contributed by atoms with E-state index in [4.69, 9.17) is 9.52 Å². The minimum atomic E-state index is -0.966. The zero-order valence-corrected chi connectivity index (χ0v) is 12.4. The van der Waals surface area contributed by atoms with Crippen molar-refractivity contribution in [3.8, 4) is 0 Å². The Morgan fingerprint density at radius 1 is 1.43 bits per heavy atom. The quantitative estimate of drug-likeness (QED) is 0.818. The second-order valence-electron chi connectivity index (χ2n) is 5.52. The van der Waals surface area contributed by atoms with E-state index in [9.17, 15) is 14.7 Å². The zero-order valence-electron chi connectivity index (χ0n) is 12.4. The Morgan fingerprint density at radius 3 is 2.62 bits per heavy atom. The van der Waals surface area contributed by atoms with E-state index in [1.54, 1.807) is 31.9 Å². The summed E-state index contributed by atoms with van der Waals surface area (Å²) in [4.78, 5) is 26.2. The fourth-order valence-corrected chi connectivity index (χ4v) is 2.70. The van der Waals surface area contributed by atoms with Crippen LogP contribution in [0.1, 0.15) is 21.9 Å². The van der Waals surface area contributed by atoms with Gasteiger partial charge in [0, 0.05) is 18.7 Å². The maximum Gasteiger partial charge on any atom is 0.317 e. The molecule has 0 radical (unpaired) electrons. The Bertz CT molecular complexity index is 554. The van der Waals surface area contributed by atoms with Gasteiger partial charge in [0.2, 0.25) is 0 Å². The van der Waals surface area contributed by atoms with Crippen LogP contribution < -0.4 is 0 Å². The van der Waals surface area contributed by atoms with Gasteiger partial charge >= 0.3 is 5.97 Å². The summed E-state index contributed by atoms with van der Waals surface area (Å²) in [7, 11) is 1.62. The highest BCUT2D eigenvalue weighted by Gasteiger charge is 2.38. The van der Waals surface area contributed by atoms with Gasteiger partial charge in [-0.2, -0.15) is 0 Å². The number of aliphatic carboxylic acids is 1. The number of carboxylic acid groups (broad SMARTS) is 1. The van der Waals surface area contributed by atoms with Gasteiger partial charge in [0.05, 0.1) is 18.7 Å². The first kappa shape index (κ1) is 15.5. The average Bonchev–Trinajstić information content (AvgIpc) is 2.90. The van der Waals surface area contributed by atoms with Gasteiger partial charge in [0.25, 0.3) is 5.91 Å². The summed E-state index contributed by atoms with van der Waals surface area (Å²) < 4.78 is 5.40. The standard InChI is InChI=1S/C14H20N2O5/c1-8-4-9(2)21-13(8)14(20)16-5-10(11(17)6-16)15(3)7-12(18)19/h4,10-11,17H,5-7H2,1-3H3,(H,18,19)/t10?,11-/m1/s1. The number of hydrogen-bond acceptors (Lipinski definition) is 5. The molecule has 2 heterocycles. The third kappa shape index (κ3) is 3.25. The van der Waals surface area contributed by atoms with Gasteiger partial charge in [0.15, 0.2) is 5.76 Å². The van der Waals surface area contributed by atoms with Crippen LogP contribution in [-0.2, 0) is 4.79 Å². The number of aliphatic hydroxyl groups is 1. The van der Waals surface area contributed by atoms with Crippen molar-refractivity contribution < 1.29 is 24.2 Å². The summed E-state index contributed by atoms with van der Waals surface area (Å²) in [6.45, 7) is 3.84. The van der Waals surface area contributed by atoms with Gasteiger partial charge in [0.1, 0.15) is 5.76 Å². The van der Waals surface area contributed by atoms with E-state index in [1.807, 2.05) is 0 Å². The first-order valence-electron chi connectivity index (χ1n) is 6.76. The monoisotopic (exact) mass is 296 g/mol. The first-order valence-corrected chi connectivity index (χ1v) is 6.76. The van der Waals surface area contributed by atoms with E-state index in [2.05, 4.69) is 0 Å². The van der Waals surface area contributed by atoms with Gasteiger partial charge in [-0.15, -0.1) is 0 Å². The number of likely N-dealkylation sites (tertiary alicyclic amines) is 1. The topological polar surface area (TPSA) is 94.2 Å². The number of hydrogen-bond donors (Lipinski definition) is 2. The van der Waals surface area contributed by atoms with Crippen LogP contribution in [0, 0.1) is 13.8 Å². The van der Waals surface area contributed by atoms with Crippen LogP contribution in [0.4, 0.5) is 0 Å². The Kier molecular flexibility index (Phi) is 4.34. The molecule has 0 aromatic carbocycles. The second kappa shape index (κ2) is 5.87. The smallest absolute Gasteiger partial charge is 0.317 e. The van der Waals surface area contributed by atoms with E-state index in [0.29, 0.717) is 5.76 Å². The molecule has 0 saturated carbocycles. The molecule has 1 fully saturated rings. The van der Waals surface area contributed by atoms with Crippen LogP contribution in [0.15, 0.2) is 10.5 Å². The van der Waals surface area contributed by atoms with Gasteiger partial charge in [-0.05, 0) is 27.0 Å². The minimum Gasteiger partial charge on any atom is -0.480 e. The summed E-state index contributed by atoms with van der Waals surface area (Å²) in [5.74, 6) is -0.297. The Morgan fingerprint density at radius 2 is 2.10 bits per heavy atom. The van der Waals surface area contributed by atoms with Crippen LogP contribution in [0.25, 0.3) is 0 Å². The number of amides is 1. The molecular formula is C14H20N2O5. The predicted molar refractivity (Wildman–Crippen MR) is 74.1 cm³/mol. The number of carbonyl (C=O) groups is 2. The van der Waals surface area contributed by atoms with Crippen molar-refractivity contribution in [1.29, 1.82) is 0 Å². The summed E-state index contributed by atoms with van der Waals surface area (Å²) >= 11 is 0. The van der Waals surface area contributed by atoms with Crippen molar-refractivity contribution in [2.45, 2.75) is 26.0 Å². The van der Waals surface area contributed by atoms with Crippen LogP contribution in [0.3, 0.4) is 0 Å². The normalized spacial score (nSPS) is 22.0. The molecule has 116 valence electrons. The number of nitrogens with zero attached hydrogens (tertiary/aromatic N) is 2. The van der Waals surface area contributed by atoms with Gasteiger partial charge < -0.3 is 19.5 Å². The molecular weight excluding hydrogens is 276 g/mol. The molecule has 1 aliphatic heterocycles. The van der Waals surface area contributed by atoms with E-state index in [1.165, 1.54) is 4.90 Å². The molecule has 1 saturated heterocycles. The maximum atomic E-state index is 12.4. The maximum absolute atomic E-state index is 12.4. The lowest BCUT2D eigenvalue weighted by molar-refractivity contribution is -0.138. The highest BCUT2D eigenvalue weighted by molar-refractivity contribution is 5.93. The Labute approximate surface area is 122 Å². The summed E-state index contributed by atoms with van der Waals surface area (Å²) in [6.07, 6.45) is -0.769. The summed E-state index contributed by atoms with van der Waals surface area (Å²) in [5, 5.41) is 18.9. The molecule has 1 amide bonds. The molecule has 21 heavy (non-hydrogen) atoms. The summed E-state index contributed by atoms with van der Waals surface area (Å²) in [6, 6.07) is 1.40. The molecule has 0 aliphatic carbocycles. The zero-order chi connectivity index (χ0) is 15.7. The summed E-state index contributed by atoms with van der Waals surface area (Å²) in [5.41, 5.74) is 0.759. The molecule has 0 spiro atoms. The van der Waals surface area contributed by atoms with Crippen LogP contribution >= 0.6 is 0 Å². The molecule has 1 unspecified atom stereocenters. The van der Waals surface area contributed by atoms with Gasteiger partial charge in [-0.1, -0.05) is 0 Å². The van der Waals surface area contributed by atoms with Crippen molar-refractivity contribution in [1.82, 2.24) is 9.80 Å². The van der Waals surface area contributed by atoms with E-state index >= 15 is 0 Å². The fraction of sp³-hybridized carbons (Fsp3) is 0.571. The number of likely N-dealkylation sites (N-methyl/N-ethyl adjacent to an activating group) is 1. The molecule has 1 aromatic rings. The van der Waals surface area contributed by atoms with Crippen molar-refractivity contribution in [3.63, 3.8) is 0 Å². The van der Waals surface area contributed by atoms with Crippen molar-refractivity contribution >= 4 is 11.9 Å². The Hall–Kier alpha value is -1.86.